The van der Waals surface area contributed by atoms with E-state index in [1.54, 1.807) is 0 Å². The smallest absolute Gasteiger partial charge is 0.211 e. The van der Waals surface area contributed by atoms with Gasteiger partial charge in [-0.1, -0.05) is 30.0 Å². The lowest BCUT2D eigenvalue weighted by Crippen LogP contribution is -2.01. The Hall–Kier alpha value is -2.80. The van der Waals surface area contributed by atoms with Crippen LogP contribution in [0.4, 0.5) is 0 Å². The fourth-order valence-corrected chi connectivity index (χ4v) is 3.26. The van der Waals surface area contributed by atoms with Crippen molar-refractivity contribution in [3.8, 4) is 11.5 Å². The van der Waals surface area contributed by atoms with Gasteiger partial charge in [-0.3, -0.25) is 0 Å². The first-order valence-corrected chi connectivity index (χ1v) is 9.41. The maximum atomic E-state index is 5.74. The van der Waals surface area contributed by atoms with Crippen LogP contribution in [0.3, 0.4) is 0 Å². The molecule has 1 N–H and O–H groups in total. The topological polar surface area (TPSA) is 72.9 Å². The monoisotopic (exact) mass is 366 g/mol. The van der Waals surface area contributed by atoms with Gasteiger partial charge in [0, 0.05) is 16.7 Å². The van der Waals surface area contributed by atoms with E-state index >= 15 is 0 Å². The average molecular weight is 366 g/mol. The summed E-state index contributed by atoms with van der Waals surface area (Å²) in [4.78, 5) is 7.83. The van der Waals surface area contributed by atoms with Crippen LogP contribution in [0, 0.1) is 0 Å². The van der Waals surface area contributed by atoms with Crippen molar-refractivity contribution >= 4 is 33.8 Å². The molecule has 0 bridgehead atoms. The number of aromatic nitrogens is 4. The molecular weight excluding hydrogens is 348 g/mol. The molecule has 0 aliphatic rings. The van der Waals surface area contributed by atoms with E-state index in [-0.39, 0.29) is 0 Å². The molecule has 4 aromatic rings. The van der Waals surface area contributed by atoms with E-state index in [4.69, 9.17) is 9.47 Å². The van der Waals surface area contributed by atoms with Crippen molar-refractivity contribution in [2.75, 3.05) is 19.0 Å². The largest absolute Gasteiger partial charge is 0.494 e. The number of nitrogens with one attached hydrogen (secondary N) is 1. The lowest BCUT2D eigenvalue weighted by molar-refractivity contribution is 0.332. The molecule has 0 radical (unpaired) electrons. The van der Waals surface area contributed by atoms with Gasteiger partial charge in [-0.2, -0.15) is 0 Å². The zero-order chi connectivity index (χ0) is 17.8. The zero-order valence-corrected chi connectivity index (χ0v) is 15.1. The van der Waals surface area contributed by atoms with Crippen LogP contribution in [0.15, 0.2) is 53.7 Å². The first kappa shape index (κ1) is 16.7. The fraction of sp³-hybridized carbons (Fsp3) is 0.211. The number of H-pyrrole nitrogens is 1. The van der Waals surface area contributed by atoms with Crippen LogP contribution in [0.1, 0.15) is 6.92 Å². The first-order chi connectivity index (χ1) is 12.8. The van der Waals surface area contributed by atoms with Gasteiger partial charge < -0.3 is 14.5 Å². The Morgan fingerprint density at radius 1 is 0.962 bits per heavy atom. The summed E-state index contributed by atoms with van der Waals surface area (Å²) < 4.78 is 11.2. The fourth-order valence-electron chi connectivity index (χ4n) is 2.66. The molecule has 0 saturated heterocycles. The highest BCUT2D eigenvalue weighted by Gasteiger charge is 2.08. The highest BCUT2D eigenvalue weighted by atomic mass is 32.2. The SMILES string of the molecule is CCOc1ccc(OCCSc2nnc3c(n2)[nH]c2ccccc23)cc1. The number of benzene rings is 2. The van der Waals surface area contributed by atoms with Crippen molar-refractivity contribution in [1.82, 2.24) is 20.2 Å². The van der Waals surface area contributed by atoms with Gasteiger partial charge in [-0.05, 0) is 37.3 Å². The van der Waals surface area contributed by atoms with Crippen molar-refractivity contribution in [3.05, 3.63) is 48.5 Å². The minimum Gasteiger partial charge on any atom is -0.494 e. The molecule has 0 fully saturated rings. The van der Waals surface area contributed by atoms with E-state index in [2.05, 4.69) is 20.2 Å². The Balaban J connectivity index is 1.35. The predicted molar refractivity (Wildman–Crippen MR) is 103 cm³/mol. The summed E-state index contributed by atoms with van der Waals surface area (Å²) in [6, 6.07) is 15.6. The number of ether oxygens (including phenoxy) is 2. The van der Waals surface area contributed by atoms with Gasteiger partial charge in [0.25, 0.3) is 0 Å². The summed E-state index contributed by atoms with van der Waals surface area (Å²) in [6.45, 7) is 3.18. The van der Waals surface area contributed by atoms with Gasteiger partial charge in [-0.25, -0.2) is 4.98 Å². The minimum atomic E-state index is 0.562. The molecule has 6 nitrogen and oxygen atoms in total. The Bertz CT molecular complexity index is 1020. The number of para-hydroxylation sites is 1. The Kier molecular flexibility index (Phi) is 4.88. The molecule has 132 valence electrons. The lowest BCUT2D eigenvalue weighted by Gasteiger charge is -2.07. The van der Waals surface area contributed by atoms with Gasteiger partial charge in [0.2, 0.25) is 5.16 Å². The second-order valence-corrected chi connectivity index (χ2v) is 6.63. The van der Waals surface area contributed by atoms with E-state index in [1.807, 2.05) is 55.5 Å². The van der Waals surface area contributed by atoms with Gasteiger partial charge >= 0.3 is 0 Å². The number of rotatable bonds is 7. The van der Waals surface area contributed by atoms with E-state index in [0.717, 1.165) is 39.3 Å². The van der Waals surface area contributed by atoms with Crippen LogP contribution >= 0.6 is 11.8 Å². The van der Waals surface area contributed by atoms with E-state index in [0.29, 0.717) is 18.4 Å². The zero-order valence-electron chi connectivity index (χ0n) is 14.3. The predicted octanol–water partition coefficient (Wildman–Crippen LogP) is 4.08. The number of thioether (sulfide) groups is 1. The molecule has 0 spiro atoms. The Labute approximate surface area is 154 Å². The third-order valence-corrected chi connectivity index (χ3v) is 4.62. The summed E-state index contributed by atoms with van der Waals surface area (Å²) in [5, 5.41) is 10.2. The third-order valence-electron chi connectivity index (χ3n) is 3.82. The number of nitrogens with zero attached hydrogens (tertiary/aromatic N) is 3. The van der Waals surface area contributed by atoms with Crippen molar-refractivity contribution in [2.45, 2.75) is 12.1 Å². The maximum Gasteiger partial charge on any atom is 0.211 e. The second kappa shape index (κ2) is 7.61. The van der Waals surface area contributed by atoms with Gasteiger partial charge in [0.05, 0.1) is 13.2 Å². The van der Waals surface area contributed by atoms with Crippen molar-refractivity contribution in [2.24, 2.45) is 0 Å². The van der Waals surface area contributed by atoms with E-state index in [1.165, 1.54) is 11.8 Å². The summed E-state index contributed by atoms with van der Waals surface area (Å²) >= 11 is 1.52. The molecule has 4 rings (SSSR count). The molecule has 0 atom stereocenters. The molecule has 26 heavy (non-hydrogen) atoms. The van der Waals surface area contributed by atoms with E-state index < -0.39 is 0 Å². The van der Waals surface area contributed by atoms with Crippen molar-refractivity contribution < 1.29 is 9.47 Å². The maximum absolute atomic E-state index is 5.74. The third kappa shape index (κ3) is 3.57. The van der Waals surface area contributed by atoms with Gasteiger partial charge in [0.15, 0.2) is 5.65 Å². The summed E-state index contributed by atoms with van der Waals surface area (Å²) in [7, 11) is 0. The number of aromatic amines is 1. The van der Waals surface area contributed by atoms with E-state index in [9.17, 15) is 0 Å². The molecule has 7 heteroatoms. The molecule has 0 unspecified atom stereocenters. The molecule has 0 saturated carbocycles. The van der Waals surface area contributed by atoms with Crippen LogP contribution in [0.2, 0.25) is 0 Å². The van der Waals surface area contributed by atoms with Crippen LogP contribution < -0.4 is 9.47 Å². The van der Waals surface area contributed by atoms with Crippen LogP contribution in [-0.2, 0) is 0 Å². The molecule has 0 amide bonds. The highest BCUT2D eigenvalue weighted by molar-refractivity contribution is 7.99. The standard InChI is InChI=1S/C19H18N4O2S/c1-2-24-13-7-9-14(10-8-13)25-11-12-26-19-21-18-17(22-23-19)15-5-3-4-6-16(15)20-18/h3-10H,2,11-12H2,1H3,(H,20,21,23). The van der Waals surface area contributed by atoms with Gasteiger partial charge in [0.1, 0.15) is 17.0 Å². The average Bonchev–Trinajstić information content (AvgIpc) is 3.04. The van der Waals surface area contributed by atoms with Crippen molar-refractivity contribution in [3.63, 3.8) is 0 Å². The van der Waals surface area contributed by atoms with Crippen LogP contribution in [0.5, 0.6) is 11.5 Å². The Morgan fingerprint density at radius 2 is 1.73 bits per heavy atom. The molecule has 2 aromatic heterocycles. The lowest BCUT2D eigenvalue weighted by atomic mass is 10.2. The molecule has 2 heterocycles. The second-order valence-electron chi connectivity index (χ2n) is 5.56. The summed E-state index contributed by atoms with van der Waals surface area (Å²) in [6.07, 6.45) is 0. The summed E-state index contributed by atoms with van der Waals surface area (Å²) in [5.41, 5.74) is 2.58. The molecule has 2 aromatic carbocycles. The number of fused-ring (bicyclic) bond motifs is 3. The highest BCUT2D eigenvalue weighted by Crippen LogP contribution is 2.23. The van der Waals surface area contributed by atoms with Crippen molar-refractivity contribution in [1.29, 1.82) is 0 Å². The Morgan fingerprint density at radius 3 is 2.54 bits per heavy atom. The quantitative estimate of drug-likeness (QED) is 0.392. The number of hydrogen-bond donors (Lipinski definition) is 1. The molecule has 0 aliphatic carbocycles. The molecular formula is C19H18N4O2S. The van der Waals surface area contributed by atoms with Crippen LogP contribution in [-0.4, -0.2) is 39.1 Å². The number of hydrogen-bond acceptors (Lipinski definition) is 6. The minimum absolute atomic E-state index is 0.562. The summed E-state index contributed by atoms with van der Waals surface area (Å²) in [5.74, 6) is 2.40. The van der Waals surface area contributed by atoms with Crippen LogP contribution in [0.25, 0.3) is 22.1 Å². The van der Waals surface area contributed by atoms with Gasteiger partial charge in [-0.15, -0.1) is 10.2 Å². The molecule has 0 aliphatic heterocycles. The first-order valence-electron chi connectivity index (χ1n) is 8.43. The normalized spacial score (nSPS) is 11.1.